The van der Waals surface area contributed by atoms with Gasteiger partial charge in [-0.05, 0) is 19.1 Å². The van der Waals surface area contributed by atoms with E-state index in [0.29, 0.717) is 0 Å². The molecule has 0 aliphatic carbocycles. The number of anilines is 1. The number of rotatable bonds is 2. The number of carbonyl (C=O) groups excluding carboxylic acids is 2. The number of nitrogens with one attached hydrogen (secondary N) is 1. The number of alkyl halides is 3. The minimum Gasteiger partial charge on any atom is -0.315 e. The molecule has 0 aromatic heterocycles. The van der Waals surface area contributed by atoms with Gasteiger partial charge in [0.15, 0.2) is 5.78 Å². The first-order valence-corrected chi connectivity index (χ1v) is 5.30. The van der Waals surface area contributed by atoms with E-state index in [1.54, 1.807) is 0 Å². The van der Waals surface area contributed by atoms with E-state index in [1.807, 2.05) is 0 Å². The van der Waals surface area contributed by atoms with Gasteiger partial charge in [0.1, 0.15) is 5.82 Å². The maximum atomic E-state index is 13.5. The Labute approximate surface area is 107 Å². The highest BCUT2D eigenvalue weighted by molar-refractivity contribution is 9.10. The summed E-state index contributed by atoms with van der Waals surface area (Å²) >= 11 is 2.89. The summed E-state index contributed by atoms with van der Waals surface area (Å²) in [5.41, 5.74) is -1.13. The lowest BCUT2D eigenvalue weighted by Crippen LogP contribution is -2.31. The molecule has 1 rings (SSSR count). The zero-order valence-corrected chi connectivity index (χ0v) is 10.4. The van der Waals surface area contributed by atoms with Crippen LogP contribution in [0, 0.1) is 5.82 Å². The summed E-state index contributed by atoms with van der Waals surface area (Å²) in [6.45, 7) is 1.05. The van der Waals surface area contributed by atoms with Gasteiger partial charge in [-0.15, -0.1) is 0 Å². The van der Waals surface area contributed by atoms with Crippen molar-refractivity contribution in [3.63, 3.8) is 0 Å². The average molecular weight is 328 g/mol. The van der Waals surface area contributed by atoms with Crippen molar-refractivity contribution >= 4 is 33.3 Å². The van der Waals surface area contributed by atoms with Gasteiger partial charge < -0.3 is 5.32 Å². The Morgan fingerprint density at radius 3 is 2.28 bits per heavy atom. The van der Waals surface area contributed by atoms with Gasteiger partial charge >= 0.3 is 12.1 Å². The number of carbonyl (C=O) groups is 2. The first kappa shape index (κ1) is 14.6. The SMILES string of the molecule is CC(=O)c1cc(Br)cc(F)c1NC(=O)C(F)(F)F. The lowest BCUT2D eigenvalue weighted by atomic mass is 10.1. The van der Waals surface area contributed by atoms with Gasteiger partial charge in [-0.3, -0.25) is 9.59 Å². The van der Waals surface area contributed by atoms with Gasteiger partial charge in [-0.1, -0.05) is 15.9 Å². The molecule has 0 aliphatic rings. The van der Waals surface area contributed by atoms with Crippen LogP contribution < -0.4 is 5.32 Å². The highest BCUT2D eigenvalue weighted by Gasteiger charge is 2.39. The first-order valence-electron chi connectivity index (χ1n) is 4.51. The van der Waals surface area contributed by atoms with Gasteiger partial charge in [-0.2, -0.15) is 13.2 Å². The Kier molecular flexibility index (Phi) is 4.10. The molecule has 1 amide bonds. The summed E-state index contributed by atoms with van der Waals surface area (Å²) in [6.07, 6.45) is -5.16. The number of Topliss-reactive ketones (excluding diaryl/α,β-unsaturated/α-hetero) is 1. The maximum Gasteiger partial charge on any atom is 0.471 e. The molecule has 0 bridgehead atoms. The Morgan fingerprint density at radius 1 is 1.28 bits per heavy atom. The average Bonchev–Trinajstić information content (AvgIpc) is 2.19. The van der Waals surface area contributed by atoms with Crippen LogP contribution in [-0.2, 0) is 4.79 Å². The molecule has 0 aliphatic heterocycles. The lowest BCUT2D eigenvalue weighted by Gasteiger charge is -2.12. The van der Waals surface area contributed by atoms with Crippen molar-refractivity contribution in [2.75, 3.05) is 5.32 Å². The van der Waals surface area contributed by atoms with Crippen LogP contribution in [0.1, 0.15) is 17.3 Å². The Bertz CT molecular complexity index is 513. The second-order valence-corrected chi connectivity index (χ2v) is 4.23. The fourth-order valence-electron chi connectivity index (χ4n) is 1.16. The molecule has 98 valence electrons. The molecule has 0 unspecified atom stereocenters. The number of hydrogen-bond donors (Lipinski definition) is 1. The van der Waals surface area contributed by atoms with Crippen molar-refractivity contribution in [1.82, 2.24) is 0 Å². The van der Waals surface area contributed by atoms with Crippen molar-refractivity contribution in [2.45, 2.75) is 13.1 Å². The molecule has 8 heteroatoms. The molecule has 0 radical (unpaired) electrons. The van der Waals surface area contributed by atoms with E-state index in [2.05, 4.69) is 15.9 Å². The predicted octanol–water partition coefficient (Wildman–Crippen LogP) is 3.29. The minimum absolute atomic E-state index is 0.176. The van der Waals surface area contributed by atoms with Gasteiger partial charge in [-0.25, -0.2) is 4.39 Å². The largest absolute Gasteiger partial charge is 0.471 e. The second-order valence-electron chi connectivity index (χ2n) is 3.32. The van der Waals surface area contributed by atoms with E-state index in [1.165, 1.54) is 5.32 Å². The van der Waals surface area contributed by atoms with Crippen LogP contribution in [0.4, 0.5) is 23.2 Å². The van der Waals surface area contributed by atoms with E-state index < -0.39 is 29.4 Å². The standard InChI is InChI=1S/C10H6BrF4NO2/c1-4(17)6-2-5(11)3-7(12)8(6)16-9(18)10(13,14)15/h2-3H,1H3,(H,16,18). The molecule has 0 saturated heterocycles. The molecule has 18 heavy (non-hydrogen) atoms. The van der Waals surface area contributed by atoms with E-state index in [9.17, 15) is 27.2 Å². The van der Waals surface area contributed by atoms with Gasteiger partial charge in [0.2, 0.25) is 0 Å². The van der Waals surface area contributed by atoms with Crippen LogP contribution >= 0.6 is 15.9 Å². The fraction of sp³-hybridized carbons (Fsp3) is 0.200. The molecule has 0 atom stereocenters. The van der Waals surface area contributed by atoms with E-state index in [4.69, 9.17) is 0 Å². The Balaban J connectivity index is 3.24. The molecule has 0 spiro atoms. The topological polar surface area (TPSA) is 46.2 Å². The maximum absolute atomic E-state index is 13.5. The van der Waals surface area contributed by atoms with Crippen molar-refractivity contribution in [3.8, 4) is 0 Å². The van der Waals surface area contributed by atoms with E-state index in [-0.39, 0.29) is 10.0 Å². The van der Waals surface area contributed by atoms with Crippen LogP contribution in [0.25, 0.3) is 0 Å². The monoisotopic (exact) mass is 327 g/mol. The molecular formula is C10H6BrF4NO2. The van der Waals surface area contributed by atoms with Gasteiger partial charge in [0, 0.05) is 10.0 Å². The van der Waals surface area contributed by atoms with Crippen molar-refractivity contribution in [3.05, 3.63) is 28.0 Å². The van der Waals surface area contributed by atoms with Crippen molar-refractivity contribution < 1.29 is 27.2 Å². The Morgan fingerprint density at radius 2 is 1.83 bits per heavy atom. The molecule has 3 nitrogen and oxygen atoms in total. The quantitative estimate of drug-likeness (QED) is 0.669. The highest BCUT2D eigenvalue weighted by Crippen LogP contribution is 2.27. The highest BCUT2D eigenvalue weighted by atomic mass is 79.9. The fourth-order valence-corrected chi connectivity index (χ4v) is 1.59. The number of halogens is 5. The smallest absolute Gasteiger partial charge is 0.315 e. The third-order valence-corrected chi connectivity index (χ3v) is 2.39. The zero-order valence-electron chi connectivity index (χ0n) is 8.86. The number of ketones is 1. The third kappa shape index (κ3) is 3.28. The van der Waals surface area contributed by atoms with Crippen LogP contribution in [0.2, 0.25) is 0 Å². The molecular weight excluding hydrogens is 322 g/mol. The normalized spacial score (nSPS) is 11.2. The summed E-state index contributed by atoms with van der Waals surface area (Å²) in [5, 5.41) is 1.35. The van der Waals surface area contributed by atoms with Crippen LogP contribution in [-0.4, -0.2) is 17.9 Å². The third-order valence-electron chi connectivity index (χ3n) is 1.93. The number of amides is 1. The van der Waals surface area contributed by atoms with Crippen molar-refractivity contribution in [2.24, 2.45) is 0 Å². The molecule has 1 aromatic rings. The molecule has 0 saturated carbocycles. The van der Waals surface area contributed by atoms with Crippen LogP contribution in [0.15, 0.2) is 16.6 Å². The van der Waals surface area contributed by atoms with Crippen LogP contribution in [0.5, 0.6) is 0 Å². The summed E-state index contributed by atoms with van der Waals surface area (Å²) < 4.78 is 49.8. The van der Waals surface area contributed by atoms with E-state index in [0.717, 1.165) is 19.1 Å². The minimum atomic E-state index is -5.16. The summed E-state index contributed by atoms with van der Waals surface area (Å²) in [7, 11) is 0. The van der Waals surface area contributed by atoms with Crippen LogP contribution in [0.3, 0.4) is 0 Å². The lowest BCUT2D eigenvalue weighted by molar-refractivity contribution is -0.167. The predicted molar refractivity (Wildman–Crippen MR) is 58.8 cm³/mol. The molecule has 0 fully saturated rings. The summed E-state index contributed by atoms with van der Waals surface area (Å²) in [5.74, 6) is -4.15. The van der Waals surface area contributed by atoms with Gasteiger partial charge in [0.05, 0.1) is 5.69 Å². The summed E-state index contributed by atoms with van der Waals surface area (Å²) in [4.78, 5) is 21.9. The van der Waals surface area contributed by atoms with Gasteiger partial charge in [0.25, 0.3) is 0 Å². The first-order chi connectivity index (χ1) is 8.12. The molecule has 0 heterocycles. The summed E-state index contributed by atoms with van der Waals surface area (Å²) in [6, 6.07) is 1.97. The van der Waals surface area contributed by atoms with E-state index >= 15 is 0 Å². The molecule has 1 N–H and O–H groups in total. The Hall–Kier alpha value is -1.44. The zero-order chi connectivity index (χ0) is 14.1. The van der Waals surface area contributed by atoms with Crippen molar-refractivity contribution in [1.29, 1.82) is 0 Å². The number of benzene rings is 1. The second kappa shape index (κ2) is 5.05. The molecule has 1 aromatic carbocycles. The number of hydrogen-bond acceptors (Lipinski definition) is 2.